The lowest BCUT2D eigenvalue weighted by molar-refractivity contribution is -0.123. The van der Waals surface area contributed by atoms with Crippen molar-refractivity contribution in [3.63, 3.8) is 0 Å². The summed E-state index contributed by atoms with van der Waals surface area (Å²) in [5.74, 6) is 0.530. The number of rotatable bonds is 17. The van der Waals surface area contributed by atoms with Gasteiger partial charge >= 0.3 is 5.69 Å². The lowest BCUT2D eigenvalue weighted by Crippen LogP contribution is -2.40. The molecule has 2 aromatic carbocycles. The minimum absolute atomic E-state index is 0.203. The second kappa shape index (κ2) is 18.7. The van der Waals surface area contributed by atoms with Crippen molar-refractivity contribution in [2.75, 3.05) is 42.8 Å². The second-order valence-corrected chi connectivity index (χ2v) is 12.2. The molecule has 0 saturated heterocycles. The molecule has 49 heavy (non-hydrogen) atoms. The first-order valence-corrected chi connectivity index (χ1v) is 17.3. The van der Waals surface area contributed by atoms with Gasteiger partial charge in [0.2, 0.25) is 0 Å². The van der Waals surface area contributed by atoms with Crippen LogP contribution in [0.25, 0.3) is 22.6 Å². The van der Waals surface area contributed by atoms with Crippen LogP contribution in [-0.4, -0.2) is 68.3 Å². The summed E-state index contributed by atoms with van der Waals surface area (Å²) in [6.07, 6.45) is 1.36. The Bertz CT molecular complexity index is 1840. The third-order valence-electron chi connectivity index (χ3n) is 6.77. The minimum atomic E-state index is -0.397. The van der Waals surface area contributed by atoms with Crippen molar-refractivity contribution in [1.29, 1.82) is 0 Å². The van der Waals surface area contributed by atoms with E-state index in [-0.39, 0.29) is 47.3 Å². The van der Waals surface area contributed by atoms with Crippen molar-refractivity contribution in [1.82, 2.24) is 34.5 Å². The molecule has 16 nitrogen and oxygen atoms in total. The molecule has 2 aromatic heterocycles. The molecule has 0 saturated carbocycles. The highest BCUT2D eigenvalue weighted by Crippen LogP contribution is 2.22. The van der Waals surface area contributed by atoms with Gasteiger partial charge < -0.3 is 36.1 Å². The van der Waals surface area contributed by atoms with Crippen LogP contribution in [0.15, 0.2) is 58.1 Å². The SMILES string of the molecule is CCCn1c(=O)c2[nH]c(-c3ccc(OCC(=O)NCCNC(=O)SNc4ccc(NC(=O)SNCCN)cc4)cc3)nc2n(CCC)c1=O. The normalized spacial score (nSPS) is 10.9. The van der Waals surface area contributed by atoms with E-state index in [1.54, 1.807) is 48.5 Å². The topological polar surface area (TPSA) is 219 Å². The molecule has 8 N–H and O–H groups in total. The molecule has 0 aliphatic rings. The van der Waals surface area contributed by atoms with E-state index in [1.165, 1.54) is 9.13 Å². The van der Waals surface area contributed by atoms with E-state index in [0.29, 0.717) is 73.2 Å². The van der Waals surface area contributed by atoms with Gasteiger partial charge in [0.1, 0.15) is 17.1 Å². The highest BCUT2D eigenvalue weighted by atomic mass is 32.2. The van der Waals surface area contributed by atoms with Crippen LogP contribution in [0.1, 0.15) is 26.7 Å². The number of carbonyl (C=O) groups is 3. The first-order chi connectivity index (χ1) is 23.7. The number of benzene rings is 2. The summed E-state index contributed by atoms with van der Waals surface area (Å²) in [6, 6.07) is 13.7. The lowest BCUT2D eigenvalue weighted by Gasteiger charge is -2.10. The van der Waals surface area contributed by atoms with E-state index in [4.69, 9.17) is 10.5 Å². The average Bonchev–Trinajstić information content (AvgIpc) is 3.55. The van der Waals surface area contributed by atoms with E-state index < -0.39 is 5.56 Å². The van der Waals surface area contributed by atoms with Gasteiger partial charge in [-0.15, -0.1) is 0 Å². The van der Waals surface area contributed by atoms with Crippen LogP contribution in [0.4, 0.5) is 21.0 Å². The Balaban J connectivity index is 1.17. The monoisotopic (exact) mass is 712 g/mol. The van der Waals surface area contributed by atoms with Gasteiger partial charge in [-0.2, -0.15) is 0 Å². The standard InChI is InChI=1S/C31H40N10O6S2/c1-3-17-40-27-25(28(43)41(18-4-2)31(40)46)37-26(38-27)20-5-11-23(12-6-20)47-19-24(42)33-15-16-34-29(44)49-39-22-9-7-21(8-10-22)36-30(45)48-35-14-13-32/h5-12,35,39H,3-4,13-19,32H2,1-2H3,(H,33,42)(H,34,44)(H,36,45)(H,37,38). The van der Waals surface area contributed by atoms with Gasteiger partial charge in [0, 0.05) is 80.1 Å². The van der Waals surface area contributed by atoms with Crippen LogP contribution >= 0.6 is 23.9 Å². The molecule has 0 unspecified atom stereocenters. The molecule has 0 aliphatic heterocycles. The Morgan fingerprint density at radius 3 is 2.22 bits per heavy atom. The number of hydrogen-bond donors (Lipinski definition) is 7. The van der Waals surface area contributed by atoms with Crippen LogP contribution in [0.2, 0.25) is 0 Å². The Kier molecular flexibility index (Phi) is 14.1. The summed E-state index contributed by atoms with van der Waals surface area (Å²) >= 11 is 1.77. The first-order valence-electron chi connectivity index (χ1n) is 15.7. The number of fused-ring (bicyclic) bond motifs is 1. The molecule has 0 bridgehead atoms. The third-order valence-corrected chi connectivity index (χ3v) is 8.08. The van der Waals surface area contributed by atoms with E-state index in [2.05, 4.69) is 35.4 Å². The van der Waals surface area contributed by atoms with Crippen molar-refractivity contribution in [2.45, 2.75) is 39.8 Å². The number of imidazole rings is 1. The van der Waals surface area contributed by atoms with Crippen LogP contribution in [0.5, 0.6) is 5.75 Å². The van der Waals surface area contributed by atoms with Gasteiger partial charge in [-0.3, -0.25) is 33.0 Å². The predicted octanol–water partition coefficient (Wildman–Crippen LogP) is 3.07. The lowest BCUT2D eigenvalue weighted by atomic mass is 10.2. The zero-order valence-corrected chi connectivity index (χ0v) is 28.8. The van der Waals surface area contributed by atoms with Gasteiger partial charge in [-0.05, 0) is 61.4 Å². The summed E-state index contributed by atoms with van der Waals surface area (Å²) in [5.41, 5.74) is 7.16. The van der Waals surface area contributed by atoms with E-state index in [1.807, 2.05) is 13.8 Å². The highest BCUT2D eigenvalue weighted by molar-refractivity contribution is 8.14. The number of H-pyrrole nitrogens is 1. The largest absolute Gasteiger partial charge is 0.484 e. The minimum Gasteiger partial charge on any atom is -0.484 e. The molecule has 0 aliphatic carbocycles. The number of aryl methyl sites for hydroxylation is 1. The quantitative estimate of drug-likeness (QED) is 0.0621. The van der Waals surface area contributed by atoms with Crippen molar-refractivity contribution < 1.29 is 19.1 Å². The van der Waals surface area contributed by atoms with Crippen LogP contribution in [-0.2, 0) is 17.9 Å². The van der Waals surface area contributed by atoms with Crippen LogP contribution < -0.4 is 47.1 Å². The smallest absolute Gasteiger partial charge is 0.332 e. The Morgan fingerprint density at radius 1 is 0.857 bits per heavy atom. The number of hydrogen-bond acceptors (Lipinski definition) is 12. The fourth-order valence-electron chi connectivity index (χ4n) is 4.51. The predicted molar refractivity (Wildman–Crippen MR) is 194 cm³/mol. The van der Waals surface area contributed by atoms with Gasteiger partial charge in [-0.25, -0.2) is 9.78 Å². The zero-order valence-electron chi connectivity index (χ0n) is 27.2. The van der Waals surface area contributed by atoms with Crippen molar-refractivity contribution in [3.8, 4) is 17.1 Å². The number of ether oxygens (including phenoxy) is 1. The Morgan fingerprint density at radius 2 is 1.53 bits per heavy atom. The average molecular weight is 713 g/mol. The maximum atomic E-state index is 13.0. The maximum absolute atomic E-state index is 13.0. The molecule has 0 fully saturated rings. The molecule has 4 aromatic rings. The van der Waals surface area contributed by atoms with Gasteiger partial charge in [0.05, 0.1) is 0 Å². The molecule has 18 heteroatoms. The van der Waals surface area contributed by atoms with Gasteiger partial charge in [-0.1, -0.05) is 13.8 Å². The number of nitrogens with one attached hydrogen (secondary N) is 6. The van der Waals surface area contributed by atoms with E-state index in [9.17, 15) is 24.0 Å². The third kappa shape index (κ3) is 10.6. The van der Waals surface area contributed by atoms with Gasteiger partial charge in [0.15, 0.2) is 12.3 Å². The molecule has 0 radical (unpaired) electrons. The number of nitrogens with zero attached hydrogens (tertiary/aromatic N) is 3. The van der Waals surface area contributed by atoms with E-state index in [0.717, 1.165) is 23.9 Å². The van der Waals surface area contributed by atoms with Crippen molar-refractivity contribution in [3.05, 3.63) is 69.4 Å². The highest BCUT2D eigenvalue weighted by Gasteiger charge is 2.17. The molecular weight excluding hydrogens is 673 g/mol. The molecule has 262 valence electrons. The molecule has 2 heterocycles. The molecule has 0 spiro atoms. The molecule has 0 atom stereocenters. The van der Waals surface area contributed by atoms with E-state index >= 15 is 0 Å². The van der Waals surface area contributed by atoms with Crippen molar-refractivity contribution in [2.24, 2.45) is 5.73 Å². The fraction of sp³-hybridized carbons (Fsp3) is 0.355. The Hall–Kier alpha value is -4.78. The second-order valence-electron chi connectivity index (χ2n) is 10.5. The summed E-state index contributed by atoms with van der Waals surface area (Å²) in [5, 5.41) is 7.48. The molecule has 4 rings (SSSR count). The van der Waals surface area contributed by atoms with Crippen LogP contribution in [0, 0.1) is 0 Å². The first kappa shape index (κ1) is 37.0. The zero-order chi connectivity index (χ0) is 35.2. The summed E-state index contributed by atoms with van der Waals surface area (Å²) in [6.45, 7) is 5.76. The molecule has 3 amide bonds. The number of aromatic nitrogens is 4. The number of aromatic amines is 1. The number of amides is 3. The summed E-state index contributed by atoms with van der Waals surface area (Å²) in [7, 11) is 0. The Labute approximate surface area is 290 Å². The molecular formula is C31H40N10O6S2. The number of carbonyl (C=O) groups excluding carboxylic acids is 3. The number of nitrogens with two attached hydrogens (primary N) is 1. The number of anilines is 2. The fourth-order valence-corrected chi connectivity index (χ4v) is 5.55. The van der Waals surface area contributed by atoms with Crippen molar-refractivity contribution >= 4 is 62.8 Å². The summed E-state index contributed by atoms with van der Waals surface area (Å²) in [4.78, 5) is 69.8. The van der Waals surface area contributed by atoms with Gasteiger partial charge in [0.25, 0.3) is 21.9 Å². The summed E-state index contributed by atoms with van der Waals surface area (Å²) < 4.78 is 14.1. The van der Waals surface area contributed by atoms with Crippen LogP contribution in [0.3, 0.4) is 0 Å². The maximum Gasteiger partial charge on any atom is 0.332 e.